The maximum atomic E-state index is 11.1. The molecule has 2 fully saturated rings. The fourth-order valence-electron chi connectivity index (χ4n) is 4.33. The summed E-state index contributed by atoms with van der Waals surface area (Å²) in [4.78, 5) is 18.1. The Bertz CT molecular complexity index is 1010. The number of benzene rings is 1. The van der Waals surface area contributed by atoms with Gasteiger partial charge in [-0.15, -0.1) is 0 Å². The lowest BCUT2D eigenvalue weighted by atomic mass is 9.85. The second-order valence-corrected chi connectivity index (χ2v) is 8.39. The number of aromatic carboxylic acids is 1. The van der Waals surface area contributed by atoms with Crippen molar-refractivity contribution in [3.05, 3.63) is 47.3 Å². The van der Waals surface area contributed by atoms with Crippen LogP contribution in [0.3, 0.4) is 0 Å². The number of piperidine rings is 1. The van der Waals surface area contributed by atoms with Crippen LogP contribution in [0.4, 0.5) is 0 Å². The Balaban J connectivity index is 1.15. The van der Waals surface area contributed by atoms with Crippen LogP contribution >= 0.6 is 0 Å². The van der Waals surface area contributed by atoms with E-state index in [2.05, 4.69) is 15.0 Å². The Morgan fingerprint density at radius 3 is 2.72 bits per heavy atom. The number of nitrogens with zero attached hydrogens (tertiary/aromatic N) is 3. The number of rotatable bonds is 6. The van der Waals surface area contributed by atoms with E-state index in [1.807, 2.05) is 18.2 Å². The molecule has 0 spiro atoms. The van der Waals surface area contributed by atoms with Crippen LogP contribution in [0.2, 0.25) is 0 Å². The standard InChI is InChI=1S/C22H25N3O4/c26-22(27)19-12-17-10-15(4-5-18(17)28-19)13-25-8-6-14(7-9-25)11-20-23-21(24-29-20)16-2-1-3-16/h4-5,10,12,14,16H,1-3,6-9,11,13H2,(H,26,27). The Morgan fingerprint density at radius 2 is 2.00 bits per heavy atom. The highest BCUT2D eigenvalue weighted by Crippen LogP contribution is 2.34. The average molecular weight is 395 g/mol. The third-order valence-corrected chi connectivity index (χ3v) is 6.32. The molecule has 0 unspecified atom stereocenters. The lowest BCUT2D eigenvalue weighted by molar-refractivity contribution is 0.0665. The minimum absolute atomic E-state index is 0.0144. The highest BCUT2D eigenvalue weighted by atomic mass is 16.5. The third-order valence-electron chi connectivity index (χ3n) is 6.32. The van der Waals surface area contributed by atoms with E-state index in [4.69, 9.17) is 14.0 Å². The molecule has 0 atom stereocenters. The van der Waals surface area contributed by atoms with E-state index in [1.165, 1.54) is 24.8 Å². The largest absolute Gasteiger partial charge is 0.475 e. The maximum Gasteiger partial charge on any atom is 0.371 e. The quantitative estimate of drug-likeness (QED) is 0.667. The summed E-state index contributed by atoms with van der Waals surface area (Å²) in [5.74, 6) is 1.77. The van der Waals surface area contributed by atoms with E-state index in [0.717, 1.165) is 56.0 Å². The van der Waals surface area contributed by atoms with Gasteiger partial charge in [0.15, 0.2) is 5.82 Å². The number of likely N-dealkylation sites (tertiary alicyclic amines) is 1. The molecule has 29 heavy (non-hydrogen) atoms. The van der Waals surface area contributed by atoms with E-state index >= 15 is 0 Å². The van der Waals surface area contributed by atoms with E-state index < -0.39 is 5.97 Å². The molecule has 1 aromatic carbocycles. The van der Waals surface area contributed by atoms with Gasteiger partial charge in [0, 0.05) is 24.3 Å². The maximum absolute atomic E-state index is 11.1. The van der Waals surface area contributed by atoms with Gasteiger partial charge in [0.1, 0.15) is 5.58 Å². The summed E-state index contributed by atoms with van der Waals surface area (Å²) in [7, 11) is 0. The van der Waals surface area contributed by atoms with Gasteiger partial charge in [-0.3, -0.25) is 4.90 Å². The molecule has 1 saturated heterocycles. The van der Waals surface area contributed by atoms with Crippen molar-refractivity contribution < 1.29 is 18.8 Å². The molecule has 0 bridgehead atoms. The number of carboxylic acid groups (broad SMARTS) is 1. The molecule has 1 N–H and O–H groups in total. The molecule has 5 rings (SSSR count). The van der Waals surface area contributed by atoms with Gasteiger partial charge in [0.25, 0.3) is 0 Å². The van der Waals surface area contributed by atoms with Gasteiger partial charge in [-0.1, -0.05) is 17.6 Å². The Hall–Kier alpha value is -2.67. The first-order valence-electron chi connectivity index (χ1n) is 10.4. The van der Waals surface area contributed by atoms with Crippen LogP contribution < -0.4 is 0 Å². The summed E-state index contributed by atoms with van der Waals surface area (Å²) in [6.07, 6.45) is 6.80. The molecular weight excluding hydrogens is 370 g/mol. The number of carboxylic acids is 1. The minimum atomic E-state index is -1.04. The Labute approximate surface area is 168 Å². The number of aromatic nitrogens is 2. The van der Waals surface area contributed by atoms with Crippen LogP contribution in [-0.2, 0) is 13.0 Å². The van der Waals surface area contributed by atoms with E-state index in [1.54, 1.807) is 6.07 Å². The smallest absolute Gasteiger partial charge is 0.371 e. The van der Waals surface area contributed by atoms with Crippen LogP contribution in [0.15, 0.2) is 33.2 Å². The Kier molecular flexibility index (Phi) is 4.83. The predicted molar refractivity (Wildman–Crippen MR) is 106 cm³/mol. The van der Waals surface area contributed by atoms with Crippen LogP contribution in [-0.4, -0.2) is 39.2 Å². The van der Waals surface area contributed by atoms with Crippen LogP contribution in [0.5, 0.6) is 0 Å². The zero-order valence-electron chi connectivity index (χ0n) is 16.3. The number of hydrogen-bond acceptors (Lipinski definition) is 6. The first-order valence-corrected chi connectivity index (χ1v) is 10.4. The SMILES string of the molecule is O=C(O)c1cc2cc(CN3CCC(Cc4nc(C5CCC5)no4)CC3)ccc2o1. The number of furan rings is 1. The first kappa shape index (κ1) is 18.4. The fourth-order valence-corrected chi connectivity index (χ4v) is 4.33. The lowest BCUT2D eigenvalue weighted by Gasteiger charge is -2.31. The van der Waals surface area contributed by atoms with E-state index in [0.29, 0.717) is 17.4 Å². The van der Waals surface area contributed by atoms with Crippen molar-refractivity contribution in [1.29, 1.82) is 0 Å². The van der Waals surface area contributed by atoms with Gasteiger partial charge in [0.2, 0.25) is 11.7 Å². The number of carbonyl (C=O) groups is 1. The molecule has 7 nitrogen and oxygen atoms in total. The normalized spacial score (nSPS) is 18.9. The monoisotopic (exact) mass is 395 g/mol. The highest BCUT2D eigenvalue weighted by molar-refractivity contribution is 5.91. The average Bonchev–Trinajstić information content (AvgIpc) is 3.29. The van der Waals surface area contributed by atoms with Gasteiger partial charge in [-0.05, 0) is 68.5 Å². The second-order valence-electron chi connectivity index (χ2n) is 8.39. The molecule has 3 aromatic rings. The van der Waals surface area contributed by atoms with Gasteiger partial charge < -0.3 is 14.0 Å². The third kappa shape index (κ3) is 3.92. The molecule has 7 heteroatoms. The molecular formula is C22H25N3O4. The summed E-state index contributed by atoms with van der Waals surface area (Å²) >= 11 is 0. The summed E-state index contributed by atoms with van der Waals surface area (Å²) < 4.78 is 10.8. The zero-order valence-corrected chi connectivity index (χ0v) is 16.3. The van der Waals surface area contributed by atoms with Crippen molar-refractivity contribution in [2.45, 2.75) is 51.0 Å². The predicted octanol–water partition coefficient (Wildman–Crippen LogP) is 4.24. The molecule has 1 saturated carbocycles. The van der Waals surface area contributed by atoms with Gasteiger partial charge in [0.05, 0.1) is 0 Å². The zero-order chi connectivity index (χ0) is 19.8. The molecule has 0 radical (unpaired) electrons. The second kappa shape index (κ2) is 7.63. The van der Waals surface area contributed by atoms with Gasteiger partial charge in [-0.25, -0.2) is 4.79 Å². The number of fused-ring (bicyclic) bond motifs is 1. The topological polar surface area (TPSA) is 92.6 Å². The summed E-state index contributed by atoms with van der Waals surface area (Å²) in [5.41, 5.74) is 1.79. The molecule has 152 valence electrons. The Morgan fingerprint density at radius 1 is 1.17 bits per heavy atom. The molecule has 0 amide bonds. The van der Waals surface area contributed by atoms with Crippen LogP contribution in [0, 0.1) is 5.92 Å². The van der Waals surface area contributed by atoms with Gasteiger partial charge >= 0.3 is 5.97 Å². The van der Waals surface area contributed by atoms with Crippen molar-refractivity contribution in [2.24, 2.45) is 5.92 Å². The molecule has 2 aliphatic rings. The minimum Gasteiger partial charge on any atom is -0.475 e. The van der Waals surface area contributed by atoms with Crippen LogP contribution in [0.1, 0.15) is 65.9 Å². The molecule has 3 heterocycles. The fraction of sp³-hybridized carbons (Fsp3) is 0.500. The van der Waals surface area contributed by atoms with E-state index in [9.17, 15) is 4.79 Å². The van der Waals surface area contributed by atoms with E-state index in [-0.39, 0.29) is 5.76 Å². The molecule has 2 aromatic heterocycles. The van der Waals surface area contributed by atoms with Crippen molar-refractivity contribution in [2.75, 3.05) is 13.1 Å². The van der Waals surface area contributed by atoms with Crippen molar-refractivity contribution >= 4 is 16.9 Å². The van der Waals surface area contributed by atoms with Crippen molar-refractivity contribution in [1.82, 2.24) is 15.0 Å². The first-order chi connectivity index (χ1) is 14.1. The van der Waals surface area contributed by atoms with Gasteiger partial charge in [-0.2, -0.15) is 4.98 Å². The molecule has 1 aliphatic carbocycles. The summed E-state index contributed by atoms with van der Waals surface area (Å²) in [6.45, 7) is 2.94. The molecule has 1 aliphatic heterocycles. The number of hydrogen-bond donors (Lipinski definition) is 1. The summed E-state index contributed by atoms with van der Waals surface area (Å²) in [6, 6.07) is 7.50. The highest BCUT2D eigenvalue weighted by Gasteiger charge is 2.26. The summed E-state index contributed by atoms with van der Waals surface area (Å²) in [5, 5.41) is 14.1. The van der Waals surface area contributed by atoms with Crippen LogP contribution in [0.25, 0.3) is 11.0 Å². The lowest BCUT2D eigenvalue weighted by Crippen LogP contribution is -2.33. The van der Waals surface area contributed by atoms with Crippen molar-refractivity contribution in [3.8, 4) is 0 Å². The van der Waals surface area contributed by atoms with Crippen molar-refractivity contribution in [3.63, 3.8) is 0 Å².